The maximum atomic E-state index is 14.3. The van der Waals surface area contributed by atoms with Crippen LogP contribution in [0.2, 0.25) is 0 Å². The Hall–Kier alpha value is -2.49. The molecule has 3 aliphatic heterocycles. The molecular weight excluding hydrogens is 570 g/mol. The van der Waals surface area contributed by atoms with Crippen molar-refractivity contribution < 1.29 is 22.7 Å². The van der Waals surface area contributed by atoms with E-state index in [1.807, 2.05) is 30.3 Å². The number of hydrogen-bond donors (Lipinski definition) is 1. The van der Waals surface area contributed by atoms with Crippen LogP contribution in [0.1, 0.15) is 31.4 Å². The third-order valence-corrected chi connectivity index (χ3v) is 6.98. The lowest BCUT2D eigenvalue weighted by atomic mass is 10.0. The molecular formula is C26H27F3IN3O2. The number of ether oxygens (including phenoxy) is 1. The summed E-state index contributed by atoms with van der Waals surface area (Å²) in [6, 6.07) is 7.64. The standard InChI is InChI=1S/C26H27F3IN3O2/c1-3-26(29,30)17-35-23-22-21(10-11-31-23)15-33(24(22)34)13-18-6-8-19(9-7-18)20-5-4-12-32(14-20)16-25(2,27)28/h5-12,14,23,31H,3,13,15-17H2,1-2H3. The molecule has 1 amide bonds. The maximum absolute atomic E-state index is 14.3. The van der Waals surface area contributed by atoms with E-state index in [2.05, 4.69) is 11.0 Å². The first-order valence-corrected chi connectivity index (χ1v) is 12.4. The highest BCUT2D eigenvalue weighted by molar-refractivity contribution is 14.1. The van der Waals surface area contributed by atoms with Crippen LogP contribution in [0.3, 0.4) is 0 Å². The van der Waals surface area contributed by atoms with E-state index < -0.39 is 22.4 Å². The molecule has 0 aromatic heterocycles. The summed E-state index contributed by atoms with van der Waals surface area (Å²) in [6.45, 7) is 2.96. The van der Waals surface area contributed by atoms with Crippen molar-refractivity contribution in [2.45, 2.75) is 42.6 Å². The van der Waals surface area contributed by atoms with E-state index in [9.17, 15) is 18.0 Å². The van der Waals surface area contributed by atoms with Crippen LogP contribution in [0.15, 0.2) is 71.9 Å². The van der Waals surface area contributed by atoms with Gasteiger partial charge in [-0.3, -0.25) is 4.79 Å². The molecule has 4 rings (SSSR count). The maximum Gasteiger partial charge on any atom is 0.262 e. The molecule has 0 fully saturated rings. The molecule has 0 saturated heterocycles. The van der Waals surface area contributed by atoms with E-state index in [0.717, 1.165) is 29.2 Å². The first-order chi connectivity index (χ1) is 16.5. The van der Waals surface area contributed by atoms with E-state index in [1.165, 1.54) is 11.1 Å². The number of halogens is 4. The molecule has 1 aromatic carbocycles. The normalized spacial score (nSPS) is 21.3. The van der Waals surface area contributed by atoms with Crippen LogP contribution in [0.4, 0.5) is 13.2 Å². The van der Waals surface area contributed by atoms with Gasteiger partial charge in [-0.25, -0.2) is 13.2 Å². The van der Waals surface area contributed by atoms with Gasteiger partial charge in [-0.1, -0.05) is 31.2 Å². The summed E-state index contributed by atoms with van der Waals surface area (Å²) in [5.74, 6) is -2.95. The highest BCUT2D eigenvalue weighted by atomic mass is 127. The lowest BCUT2D eigenvalue weighted by molar-refractivity contribution is -0.127. The molecule has 0 bridgehead atoms. The Morgan fingerprint density at radius 3 is 2.69 bits per heavy atom. The van der Waals surface area contributed by atoms with Gasteiger partial charge in [-0.2, -0.15) is 0 Å². The summed E-state index contributed by atoms with van der Waals surface area (Å²) in [5.41, 5.74) is 6.87. The van der Waals surface area contributed by atoms with Crippen LogP contribution in [-0.4, -0.2) is 51.2 Å². The van der Waals surface area contributed by atoms with Gasteiger partial charge in [0.2, 0.25) is 0 Å². The van der Waals surface area contributed by atoms with Crippen LogP contribution in [-0.2, 0) is 16.1 Å². The van der Waals surface area contributed by atoms with E-state index in [1.54, 1.807) is 52.9 Å². The second kappa shape index (κ2) is 10.2. The van der Waals surface area contributed by atoms with E-state index in [-0.39, 0.29) is 12.5 Å². The second-order valence-electron chi connectivity index (χ2n) is 8.96. The fraction of sp³-hybridized carbons (Fsp3) is 0.385. The molecule has 9 heteroatoms. The molecule has 2 atom stereocenters. The van der Waals surface area contributed by atoms with E-state index >= 15 is 0 Å². The summed E-state index contributed by atoms with van der Waals surface area (Å²) in [5, 5.41) is 3.02. The van der Waals surface area contributed by atoms with Crippen molar-refractivity contribution in [2.75, 3.05) is 19.7 Å². The van der Waals surface area contributed by atoms with Crippen molar-refractivity contribution in [1.82, 2.24) is 15.1 Å². The Kier molecular flexibility index (Phi) is 7.49. The molecule has 0 saturated carbocycles. The number of rotatable bonds is 9. The van der Waals surface area contributed by atoms with E-state index in [4.69, 9.17) is 4.74 Å². The Bertz CT molecular complexity index is 1130. The average molecular weight is 597 g/mol. The first kappa shape index (κ1) is 25.6. The van der Waals surface area contributed by atoms with Gasteiger partial charge in [-0.15, -0.1) is 5.73 Å². The van der Waals surface area contributed by atoms with Crippen LogP contribution in [0.5, 0.6) is 0 Å². The smallest absolute Gasteiger partial charge is 0.262 e. The van der Waals surface area contributed by atoms with Gasteiger partial charge in [0.25, 0.3) is 11.8 Å². The summed E-state index contributed by atoms with van der Waals surface area (Å²) in [4.78, 5) is 16.3. The Morgan fingerprint density at radius 1 is 1.26 bits per heavy atom. The van der Waals surface area contributed by atoms with Crippen LogP contribution < -0.4 is 5.32 Å². The van der Waals surface area contributed by atoms with Gasteiger partial charge in [0.1, 0.15) is 0 Å². The molecule has 0 aliphatic carbocycles. The largest absolute Gasteiger partial charge is 0.362 e. The molecule has 0 spiro atoms. The zero-order valence-electron chi connectivity index (χ0n) is 19.5. The van der Waals surface area contributed by atoms with Crippen LogP contribution in [0, 0.1) is 0 Å². The van der Waals surface area contributed by atoms with Gasteiger partial charge in [-0.05, 0) is 64.1 Å². The molecule has 1 aromatic rings. The fourth-order valence-electron chi connectivity index (χ4n) is 4.05. The van der Waals surface area contributed by atoms with Crippen LogP contribution >= 0.6 is 22.6 Å². The minimum Gasteiger partial charge on any atom is -0.362 e. The second-order valence-corrected chi connectivity index (χ2v) is 10.9. The number of amides is 1. The minimum atomic E-state index is -2.81. The number of carbonyl (C=O) groups is 1. The predicted molar refractivity (Wildman–Crippen MR) is 137 cm³/mol. The molecule has 3 heterocycles. The van der Waals surface area contributed by atoms with Crippen LogP contribution in [0.25, 0.3) is 5.57 Å². The van der Waals surface area contributed by atoms with Gasteiger partial charge < -0.3 is 19.9 Å². The van der Waals surface area contributed by atoms with Crippen molar-refractivity contribution >= 4 is 34.1 Å². The summed E-state index contributed by atoms with van der Waals surface area (Å²) in [7, 11) is 0. The lowest BCUT2D eigenvalue weighted by Crippen LogP contribution is -2.39. The first-order valence-electron chi connectivity index (χ1n) is 11.4. The molecule has 0 radical (unpaired) electrons. The summed E-state index contributed by atoms with van der Waals surface area (Å²) < 4.78 is 45.3. The molecule has 1 N–H and O–H groups in total. The van der Waals surface area contributed by atoms with Crippen molar-refractivity contribution in [3.63, 3.8) is 0 Å². The zero-order chi connectivity index (χ0) is 25.2. The van der Waals surface area contributed by atoms with Gasteiger partial charge in [0, 0.05) is 38.0 Å². The molecule has 186 valence electrons. The molecule has 35 heavy (non-hydrogen) atoms. The highest BCUT2D eigenvalue weighted by Crippen LogP contribution is 2.31. The Morgan fingerprint density at radius 2 is 2.00 bits per heavy atom. The van der Waals surface area contributed by atoms with Crippen molar-refractivity contribution in [3.05, 3.63) is 83.0 Å². The number of benzene rings is 1. The summed E-state index contributed by atoms with van der Waals surface area (Å²) >= 11 is 1.73. The average Bonchev–Trinajstić information content (AvgIpc) is 3.13. The van der Waals surface area contributed by atoms with Crippen molar-refractivity contribution in [1.29, 1.82) is 0 Å². The third-order valence-electron chi connectivity index (χ3n) is 5.90. The predicted octanol–water partition coefficient (Wildman–Crippen LogP) is 5.28. The number of hydrogen-bond acceptors (Lipinski definition) is 4. The number of allylic oxidation sites excluding steroid dienone is 2. The lowest BCUT2D eigenvalue weighted by Gasteiger charge is -2.25. The highest BCUT2D eigenvalue weighted by Gasteiger charge is 2.37. The number of dihydropyridines is 1. The van der Waals surface area contributed by atoms with Gasteiger partial charge in [0.05, 0.1) is 18.7 Å². The van der Waals surface area contributed by atoms with Crippen molar-refractivity contribution in [2.24, 2.45) is 0 Å². The number of alkyl halides is 4. The van der Waals surface area contributed by atoms with E-state index in [0.29, 0.717) is 25.1 Å². The number of carbonyl (C=O) groups excluding carboxylic acids is 1. The Balaban J connectivity index is 1.40. The zero-order valence-corrected chi connectivity index (χ0v) is 21.7. The summed E-state index contributed by atoms with van der Waals surface area (Å²) in [6.07, 6.45) is 8.13. The monoisotopic (exact) mass is 597 g/mol. The quantitative estimate of drug-likeness (QED) is 0.239. The third kappa shape index (κ3) is 6.39. The van der Waals surface area contributed by atoms with Gasteiger partial charge >= 0.3 is 0 Å². The minimum absolute atomic E-state index is 0.117. The molecule has 3 aliphatic rings. The topological polar surface area (TPSA) is 44.8 Å². The fourth-order valence-corrected chi connectivity index (χ4v) is 4.23. The van der Waals surface area contributed by atoms with Gasteiger partial charge in [0.15, 0.2) is 9.90 Å². The molecule has 5 nitrogen and oxygen atoms in total. The van der Waals surface area contributed by atoms with Crippen molar-refractivity contribution in [3.8, 4) is 0 Å². The Labute approximate surface area is 216 Å². The number of nitrogens with zero attached hydrogens (tertiary/aromatic N) is 2. The molecule has 2 unspecified atom stereocenters. The number of nitrogens with one attached hydrogen (secondary N) is 1. The SMILES string of the molecule is CCC(F)(I)COC1NC=CC2=C1C(=O)N(Cc1ccc(C3=CN(CC(C)(F)F)C=C=C3)cc1)C2.